The molecule has 0 bridgehead atoms. The van der Waals surface area contributed by atoms with Crippen molar-refractivity contribution in [3.63, 3.8) is 0 Å². The molecule has 4 nitrogen and oxygen atoms in total. The van der Waals surface area contributed by atoms with E-state index in [0.29, 0.717) is 0 Å². The summed E-state index contributed by atoms with van der Waals surface area (Å²) in [5.41, 5.74) is 0. The van der Waals surface area contributed by atoms with Crippen molar-refractivity contribution in [1.29, 1.82) is 0 Å². The van der Waals surface area contributed by atoms with E-state index in [9.17, 15) is 14.7 Å². The molecule has 0 rings (SSSR count). The third kappa shape index (κ3) is 6.93. The second-order valence-electron chi connectivity index (χ2n) is 1.74. The molecule has 0 saturated carbocycles. The SMILES string of the molecule is CC(=O)NC(C[S-])C(=O)[O-].[Ca+2]. The average molecular weight is 201 g/mol. The minimum Gasteiger partial charge on any atom is -0.790 e. The zero-order valence-corrected chi connectivity index (χ0v) is 9.15. The summed E-state index contributed by atoms with van der Waals surface area (Å²) in [6, 6.07) is -1.03. The molecule has 0 aromatic carbocycles. The van der Waals surface area contributed by atoms with Crippen molar-refractivity contribution in [3.8, 4) is 0 Å². The summed E-state index contributed by atoms with van der Waals surface area (Å²) in [7, 11) is 0. The van der Waals surface area contributed by atoms with Gasteiger partial charge in [0.1, 0.15) is 0 Å². The van der Waals surface area contributed by atoms with E-state index in [4.69, 9.17) is 0 Å². The molecule has 0 fully saturated rings. The summed E-state index contributed by atoms with van der Waals surface area (Å²) in [4.78, 5) is 20.3. The van der Waals surface area contributed by atoms with Crippen molar-refractivity contribution in [2.24, 2.45) is 0 Å². The summed E-state index contributed by atoms with van der Waals surface area (Å²) < 4.78 is 0. The summed E-state index contributed by atoms with van der Waals surface area (Å²) in [5.74, 6) is -1.83. The zero-order chi connectivity index (χ0) is 8.15. The Hall–Kier alpha value is 0.550. The van der Waals surface area contributed by atoms with Crippen molar-refractivity contribution in [3.05, 3.63) is 0 Å². The molecule has 0 aliphatic heterocycles. The van der Waals surface area contributed by atoms with Crippen LogP contribution >= 0.6 is 0 Å². The fraction of sp³-hybridized carbons (Fsp3) is 0.600. The van der Waals surface area contributed by atoms with Gasteiger partial charge in [0.25, 0.3) is 0 Å². The Morgan fingerprint density at radius 3 is 2.18 bits per heavy atom. The molecule has 1 unspecified atom stereocenters. The number of nitrogens with one attached hydrogen (secondary N) is 1. The van der Waals surface area contributed by atoms with E-state index in [1.165, 1.54) is 6.92 Å². The second-order valence-corrected chi connectivity index (χ2v) is 2.07. The molecular weight excluding hydrogens is 194 g/mol. The van der Waals surface area contributed by atoms with Crippen LogP contribution in [-0.4, -0.2) is 61.4 Å². The number of hydrogen-bond acceptors (Lipinski definition) is 4. The van der Waals surface area contributed by atoms with Gasteiger partial charge < -0.3 is 27.8 Å². The topological polar surface area (TPSA) is 69.2 Å². The molecule has 0 saturated heterocycles. The van der Waals surface area contributed by atoms with E-state index in [1.54, 1.807) is 0 Å². The number of carboxylic acids is 1. The van der Waals surface area contributed by atoms with Gasteiger partial charge in [-0.25, -0.2) is 0 Å². The number of rotatable bonds is 3. The molecule has 0 spiro atoms. The van der Waals surface area contributed by atoms with E-state index in [0.717, 1.165) is 0 Å². The van der Waals surface area contributed by atoms with Gasteiger partial charge in [0.05, 0.1) is 5.97 Å². The van der Waals surface area contributed by atoms with Gasteiger partial charge in [-0.2, -0.15) is 5.75 Å². The maximum atomic E-state index is 10.3. The van der Waals surface area contributed by atoms with Crippen LogP contribution in [0.5, 0.6) is 0 Å². The molecule has 1 amide bonds. The van der Waals surface area contributed by atoms with Crippen LogP contribution in [0.2, 0.25) is 0 Å². The normalized spacial score (nSPS) is 11.1. The molecule has 58 valence electrons. The molecule has 0 aromatic heterocycles. The van der Waals surface area contributed by atoms with Crippen LogP contribution in [0.25, 0.3) is 0 Å². The predicted molar refractivity (Wildman–Crippen MR) is 40.6 cm³/mol. The van der Waals surface area contributed by atoms with Crippen LogP contribution in [0.3, 0.4) is 0 Å². The number of carbonyl (C=O) groups is 2. The first kappa shape index (κ1) is 14.1. The standard InChI is InChI=1S/C5H9NO3S.Ca/c1-3(7)6-4(2-10)5(8)9;/h4,10H,2H2,1H3,(H,6,7)(H,8,9);/q;+2/p-2. The van der Waals surface area contributed by atoms with Crippen LogP contribution < -0.4 is 10.4 Å². The van der Waals surface area contributed by atoms with Crippen LogP contribution in [-0.2, 0) is 22.2 Å². The van der Waals surface area contributed by atoms with Crippen LogP contribution in [0.4, 0.5) is 0 Å². The third-order valence-corrected chi connectivity index (χ3v) is 1.16. The third-order valence-electron chi connectivity index (χ3n) is 0.829. The first-order valence-corrected chi connectivity index (χ1v) is 3.21. The number of carboxylic acid groups (broad SMARTS) is 1. The number of aliphatic carboxylic acids is 1. The van der Waals surface area contributed by atoms with Gasteiger partial charge in [0.2, 0.25) is 5.91 Å². The Morgan fingerprint density at radius 1 is 1.64 bits per heavy atom. The average Bonchev–Trinajstić information content (AvgIpc) is 1.81. The Labute approximate surface area is 100 Å². The molecule has 0 aliphatic rings. The second kappa shape index (κ2) is 7.21. The van der Waals surface area contributed by atoms with Crippen molar-refractivity contribution in [2.75, 3.05) is 5.75 Å². The summed E-state index contributed by atoms with van der Waals surface area (Å²) in [6.45, 7) is 1.22. The monoisotopic (exact) mass is 201 g/mol. The Bertz CT molecular complexity index is 153. The molecule has 1 atom stereocenters. The van der Waals surface area contributed by atoms with Gasteiger partial charge in [0, 0.05) is 13.0 Å². The summed E-state index contributed by atoms with van der Waals surface area (Å²) >= 11 is 4.43. The van der Waals surface area contributed by atoms with Crippen molar-refractivity contribution >= 4 is 62.2 Å². The summed E-state index contributed by atoms with van der Waals surface area (Å²) in [6.07, 6.45) is 0. The molecule has 1 N–H and O–H groups in total. The van der Waals surface area contributed by atoms with E-state index in [-0.39, 0.29) is 43.5 Å². The largest absolute Gasteiger partial charge is 2.00 e. The smallest absolute Gasteiger partial charge is 0.790 e. The van der Waals surface area contributed by atoms with E-state index in [2.05, 4.69) is 17.9 Å². The molecular formula is C5H7CaNO3S. The van der Waals surface area contributed by atoms with Gasteiger partial charge in [-0.1, -0.05) is 0 Å². The number of hydrogen-bond donors (Lipinski definition) is 1. The Balaban J connectivity index is 0. The van der Waals surface area contributed by atoms with Crippen molar-refractivity contribution in [1.82, 2.24) is 5.32 Å². The van der Waals surface area contributed by atoms with Crippen LogP contribution in [0, 0.1) is 0 Å². The first-order chi connectivity index (χ1) is 4.57. The molecule has 11 heavy (non-hydrogen) atoms. The van der Waals surface area contributed by atoms with Crippen LogP contribution in [0.15, 0.2) is 0 Å². The maximum absolute atomic E-state index is 10.3. The molecule has 0 aliphatic carbocycles. The zero-order valence-electron chi connectivity index (χ0n) is 6.12. The molecule has 0 aromatic rings. The minimum atomic E-state index is -1.34. The maximum Gasteiger partial charge on any atom is 2.00 e. The molecule has 0 heterocycles. The first-order valence-electron chi connectivity index (χ1n) is 2.64. The fourth-order valence-corrected chi connectivity index (χ4v) is 0.633. The van der Waals surface area contributed by atoms with E-state index < -0.39 is 17.9 Å². The Kier molecular flexibility index (Phi) is 9.24. The quantitative estimate of drug-likeness (QED) is 0.402. The predicted octanol–water partition coefficient (Wildman–Crippen LogP) is -2.59. The van der Waals surface area contributed by atoms with Gasteiger partial charge in [-0.15, -0.1) is 0 Å². The van der Waals surface area contributed by atoms with E-state index in [1.807, 2.05) is 0 Å². The van der Waals surface area contributed by atoms with Gasteiger partial charge in [-0.3, -0.25) is 4.79 Å². The van der Waals surface area contributed by atoms with Crippen molar-refractivity contribution in [2.45, 2.75) is 13.0 Å². The minimum absolute atomic E-state index is 0. The van der Waals surface area contributed by atoms with Crippen molar-refractivity contribution < 1.29 is 14.7 Å². The molecule has 0 radical (unpaired) electrons. The Morgan fingerprint density at radius 2 is 2.09 bits per heavy atom. The van der Waals surface area contributed by atoms with Gasteiger partial charge in [-0.05, 0) is 0 Å². The number of carbonyl (C=O) groups excluding carboxylic acids is 2. The van der Waals surface area contributed by atoms with Gasteiger partial charge >= 0.3 is 37.7 Å². The number of amides is 1. The van der Waals surface area contributed by atoms with Gasteiger partial charge in [0.15, 0.2) is 0 Å². The van der Waals surface area contributed by atoms with Crippen LogP contribution in [0.1, 0.15) is 6.92 Å². The molecule has 6 heteroatoms. The summed E-state index contributed by atoms with van der Waals surface area (Å²) in [5, 5.41) is 12.2. The fourth-order valence-electron chi connectivity index (χ4n) is 0.414. The van der Waals surface area contributed by atoms with E-state index >= 15 is 0 Å².